The first-order valence-electron chi connectivity index (χ1n) is 10.8. The van der Waals surface area contributed by atoms with E-state index >= 15 is 0 Å². The maximum absolute atomic E-state index is 5.96. The van der Waals surface area contributed by atoms with E-state index in [4.69, 9.17) is 14.2 Å². The highest BCUT2D eigenvalue weighted by molar-refractivity contribution is 5.80. The molecule has 2 saturated heterocycles. The van der Waals surface area contributed by atoms with Crippen molar-refractivity contribution in [2.75, 3.05) is 33.4 Å². The number of morpholine rings is 1. The van der Waals surface area contributed by atoms with Crippen molar-refractivity contribution in [1.29, 1.82) is 0 Å². The lowest BCUT2D eigenvalue weighted by Gasteiger charge is -2.37. The van der Waals surface area contributed by atoms with Crippen LogP contribution in [0.25, 0.3) is 0 Å². The van der Waals surface area contributed by atoms with Crippen LogP contribution >= 0.6 is 0 Å². The molecule has 0 amide bonds. The van der Waals surface area contributed by atoms with Gasteiger partial charge < -0.3 is 24.4 Å². The number of hydrogen-bond acceptors (Lipinski definition) is 4. The van der Waals surface area contributed by atoms with Gasteiger partial charge in [0.2, 0.25) is 0 Å². The van der Waals surface area contributed by atoms with Gasteiger partial charge in [-0.25, -0.2) is 0 Å². The van der Waals surface area contributed by atoms with Gasteiger partial charge in [-0.3, -0.25) is 4.99 Å². The topological polar surface area (TPSA) is 55.3 Å². The molecule has 0 saturated carbocycles. The minimum atomic E-state index is 0.128. The van der Waals surface area contributed by atoms with E-state index in [1.807, 2.05) is 37.4 Å². The molecule has 160 valence electrons. The van der Waals surface area contributed by atoms with Gasteiger partial charge in [-0.15, -0.1) is 0 Å². The van der Waals surface area contributed by atoms with Crippen LogP contribution in [0.1, 0.15) is 24.0 Å². The standard InChI is InChI=1S/C24H31N3O3/c1-25-24(27-13-15-29-23(17-27)22-8-5-14-28-22)26-16-19-9-11-20(12-10-19)18-30-21-6-3-2-4-7-21/h2-4,6-7,9-12,22-23H,5,8,13-18H2,1H3,(H,25,26). The zero-order valence-electron chi connectivity index (χ0n) is 17.6. The molecular weight excluding hydrogens is 378 g/mol. The van der Waals surface area contributed by atoms with E-state index in [1.165, 1.54) is 5.56 Å². The van der Waals surface area contributed by atoms with Crippen LogP contribution in [0.15, 0.2) is 59.6 Å². The first kappa shape index (κ1) is 20.7. The number of nitrogens with zero attached hydrogens (tertiary/aromatic N) is 2. The van der Waals surface area contributed by atoms with Crippen LogP contribution in [-0.4, -0.2) is 56.4 Å². The highest BCUT2D eigenvalue weighted by Crippen LogP contribution is 2.21. The summed E-state index contributed by atoms with van der Waals surface area (Å²) in [5.41, 5.74) is 2.36. The molecule has 2 fully saturated rings. The van der Waals surface area contributed by atoms with Gasteiger partial charge in [-0.1, -0.05) is 42.5 Å². The molecule has 30 heavy (non-hydrogen) atoms. The summed E-state index contributed by atoms with van der Waals surface area (Å²) in [6, 6.07) is 18.4. The van der Waals surface area contributed by atoms with Crippen LogP contribution in [0.5, 0.6) is 5.75 Å². The molecule has 4 rings (SSSR count). The van der Waals surface area contributed by atoms with Crippen molar-refractivity contribution in [3.8, 4) is 5.75 Å². The summed E-state index contributed by atoms with van der Waals surface area (Å²) in [4.78, 5) is 6.76. The SMILES string of the molecule is CN=C(NCc1ccc(COc2ccccc2)cc1)N1CCOC(C2CCCO2)C1. The predicted molar refractivity (Wildman–Crippen MR) is 118 cm³/mol. The summed E-state index contributed by atoms with van der Waals surface area (Å²) in [6.45, 7) is 4.52. The van der Waals surface area contributed by atoms with Gasteiger partial charge in [0, 0.05) is 33.3 Å². The van der Waals surface area contributed by atoms with Crippen molar-refractivity contribution < 1.29 is 14.2 Å². The van der Waals surface area contributed by atoms with Crippen LogP contribution in [0.2, 0.25) is 0 Å². The van der Waals surface area contributed by atoms with Crippen molar-refractivity contribution in [1.82, 2.24) is 10.2 Å². The van der Waals surface area contributed by atoms with Gasteiger partial charge in [-0.05, 0) is 36.1 Å². The minimum absolute atomic E-state index is 0.128. The van der Waals surface area contributed by atoms with E-state index in [2.05, 4.69) is 39.5 Å². The number of aliphatic imine (C=N–C) groups is 1. The largest absolute Gasteiger partial charge is 0.489 e. The van der Waals surface area contributed by atoms with Gasteiger partial charge >= 0.3 is 0 Å². The van der Waals surface area contributed by atoms with Crippen LogP contribution in [0, 0.1) is 0 Å². The summed E-state index contributed by atoms with van der Waals surface area (Å²) in [5, 5.41) is 3.49. The Bertz CT molecular complexity index is 804. The Morgan fingerprint density at radius 1 is 1.03 bits per heavy atom. The number of guanidine groups is 1. The van der Waals surface area contributed by atoms with Gasteiger partial charge in [0.15, 0.2) is 5.96 Å². The molecule has 2 aliphatic heterocycles. The molecule has 0 radical (unpaired) electrons. The molecule has 0 aromatic heterocycles. The van der Waals surface area contributed by atoms with Crippen LogP contribution in [0.3, 0.4) is 0 Å². The third-order valence-corrected chi connectivity index (χ3v) is 5.61. The van der Waals surface area contributed by atoms with Gasteiger partial charge in [0.25, 0.3) is 0 Å². The Labute approximate surface area is 178 Å². The zero-order chi connectivity index (χ0) is 20.6. The van der Waals surface area contributed by atoms with Crippen molar-refractivity contribution in [2.24, 2.45) is 4.99 Å². The van der Waals surface area contributed by atoms with Crippen LogP contribution in [-0.2, 0) is 22.6 Å². The summed E-state index contributed by atoms with van der Waals surface area (Å²) in [6.07, 6.45) is 2.56. The molecule has 2 heterocycles. The van der Waals surface area contributed by atoms with Gasteiger partial charge in [-0.2, -0.15) is 0 Å². The van der Waals surface area contributed by atoms with Crippen molar-refractivity contribution in [3.63, 3.8) is 0 Å². The molecule has 2 aliphatic rings. The summed E-state index contributed by atoms with van der Waals surface area (Å²) < 4.78 is 17.6. The zero-order valence-corrected chi connectivity index (χ0v) is 17.6. The molecule has 0 aliphatic carbocycles. The molecule has 6 heteroatoms. The second-order valence-electron chi connectivity index (χ2n) is 7.73. The molecule has 2 aromatic rings. The molecule has 0 bridgehead atoms. The Hall–Kier alpha value is -2.57. The first-order valence-corrected chi connectivity index (χ1v) is 10.8. The Morgan fingerprint density at radius 3 is 2.53 bits per heavy atom. The average molecular weight is 410 g/mol. The molecule has 1 N–H and O–H groups in total. The fraction of sp³-hybridized carbons (Fsp3) is 0.458. The van der Waals surface area contributed by atoms with Gasteiger partial charge in [0.1, 0.15) is 18.5 Å². The van der Waals surface area contributed by atoms with Crippen molar-refractivity contribution in [3.05, 3.63) is 65.7 Å². The Kier molecular flexibility index (Phi) is 7.21. The fourth-order valence-corrected chi connectivity index (χ4v) is 3.94. The van der Waals surface area contributed by atoms with E-state index < -0.39 is 0 Å². The van der Waals surface area contributed by atoms with E-state index in [1.54, 1.807) is 0 Å². The monoisotopic (exact) mass is 409 g/mol. The van der Waals surface area contributed by atoms with E-state index in [-0.39, 0.29) is 12.2 Å². The fourth-order valence-electron chi connectivity index (χ4n) is 3.94. The second-order valence-corrected chi connectivity index (χ2v) is 7.73. The van der Waals surface area contributed by atoms with Gasteiger partial charge in [0.05, 0.1) is 12.7 Å². The Morgan fingerprint density at radius 2 is 1.80 bits per heavy atom. The minimum Gasteiger partial charge on any atom is -0.489 e. The normalized spacial score (nSPS) is 22.2. The lowest BCUT2D eigenvalue weighted by atomic mass is 10.1. The first-order chi connectivity index (χ1) is 14.8. The highest BCUT2D eigenvalue weighted by Gasteiger charge is 2.32. The van der Waals surface area contributed by atoms with Crippen molar-refractivity contribution in [2.45, 2.75) is 38.2 Å². The third kappa shape index (κ3) is 5.52. The lowest BCUT2D eigenvalue weighted by molar-refractivity contribution is -0.0817. The predicted octanol–water partition coefficient (Wildman–Crippen LogP) is 3.22. The quantitative estimate of drug-likeness (QED) is 0.587. The lowest BCUT2D eigenvalue weighted by Crippen LogP contribution is -2.53. The van der Waals surface area contributed by atoms with E-state index in [9.17, 15) is 0 Å². The molecule has 0 spiro atoms. The number of hydrogen-bond donors (Lipinski definition) is 1. The smallest absolute Gasteiger partial charge is 0.194 e. The third-order valence-electron chi connectivity index (χ3n) is 5.61. The summed E-state index contributed by atoms with van der Waals surface area (Å²) in [7, 11) is 1.84. The average Bonchev–Trinajstić information content (AvgIpc) is 3.35. The molecule has 2 unspecified atom stereocenters. The number of rotatable bonds is 6. The number of benzene rings is 2. The Balaban J connectivity index is 1.26. The second kappa shape index (κ2) is 10.5. The number of ether oxygens (including phenoxy) is 3. The maximum Gasteiger partial charge on any atom is 0.194 e. The van der Waals surface area contributed by atoms with Crippen LogP contribution < -0.4 is 10.1 Å². The van der Waals surface area contributed by atoms with E-state index in [0.717, 1.165) is 56.4 Å². The van der Waals surface area contributed by atoms with Crippen molar-refractivity contribution >= 4 is 5.96 Å². The van der Waals surface area contributed by atoms with E-state index in [0.29, 0.717) is 13.2 Å². The maximum atomic E-state index is 5.96. The van der Waals surface area contributed by atoms with Crippen LogP contribution in [0.4, 0.5) is 0 Å². The summed E-state index contributed by atoms with van der Waals surface area (Å²) in [5.74, 6) is 1.80. The number of para-hydroxylation sites is 1. The molecule has 2 atom stereocenters. The highest BCUT2D eigenvalue weighted by atomic mass is 16.5. The summed E-state index contributed by atoms with van der Waals surface area (Å²) >= 11 is 0. The number of nitrogens with one attached hydrogen (secondary N) is 1. The molecular formula is C24H31N3O3. The molecule has 2 aromatic carbocycles. The molecule has 6 nitrogen and oxygen atoms in total.